The van der Waals surface area contributed by atoms with Crippen molar-refractivity contribution < 1.29 is 9.53 Å². The van der Waals surface area contributed by atoms with Gasteiger partial charge >= 0.3 is 0 Å². The molecule has 0 radical (unpaired) electrons. The van der Waals surface area contributed by atoms with Gasteiger partial charge < -0.3 is 15.8 Å². The SMILES string of the molecule is NCCCC(=O)NC1CCCOC1. The van der Waals surface area contributed by atoms with Crippen LogP contribution in [0.2, 0.25) is 0 Å². The van der Waals surface area contributed by atoms with Crippen LogP contribution >= 0.6 is 0 Å². The van der Waals surface area contributed by atoms with Gasteiger partial charge in [-0.05, 0) is 25.8 Å². The number of amides is 1. The minimum Gasteiger partial charge on any atom is -0.379 e. The molecule has 1 rings (SSSR count). The fourth-order valence-corrected chi connectivity index (χ4v) is 1.42. The summed E-state index contributed by atoms with van der Waals surface area (Å²) in [6.45, 7) is 2.07. The summed E-state index contributed by atoms with van der Waals surface area (Å²) in [6, 6.07) is 0.221. The van der Waals surface area contributed by atoms with Gasteiger partial charge in [-0.3, -0.25) is 4.79 Å². The second-order valence-corrected chi connectivity index (χ2v) is 3.37. The Hall–Kier alpha value is -0.610. The molecule has 0 aromatic heterocycles. The molecule has 0 spiro atoms. The zero-order chi connectivity index (χ0) is 9.52. The van der Waals surface area contributed by atoms with Crippen LogP contribution in [0.5, 0.6) is 0 Å². The molecular weight excluding hydrogens is 168 g/mol. The molecule has 13 heavy (non-hydrogen) atoms. The predicted molar refractivity (Wildman–Crippen MR) is 50.3 cm³/mol. The Balaban J connectivity index is 2.11. The fourth-order valence-electron chi connectivity index (χ4n) is 1.42. The van der Waals surface area contributed by atoms with E-state index in [0.717, 1.165) is 25.9 Å². The van der Waals surface area contributed by atoms with E-state index >= 15 is 0 Å². The lowest BCUT2D eigenvalue weighted by molar-refractivity contribution is -0.122. The molecule has 0 saturated carbocycles. The summed E-state index contributed by atoms with van der Waals surface area (Å²) in [4.78, 5) is 11.2. The first-order valence-electron chi connectivity index (χ1n) is 4.90. The van der Waals surface area contributed by atoms with E-state index in [4.69, 9.17) is 10.5 Å². The lowest BCUT2D eigenvalue weighted by Crippen LogP contribution is -2.40. The molecule has 1 aliphatic rings. The maximum absolute atomic E-state index is 11.2. The molecule has 1 unspecified atom stereocenters. The number of hydrogen-bond donors (Lipinski definition) is 2. The van der Waals surface area contributed by atoms with Crippen molar-refractivity contribution in [3.63, 3.8) is 0 Å². The van der Waals surface area contributed by atoms with E-state index in [1.54, 1.807) is 0 Å². The van der Waals surface area contributed by atoms with Crippen molar-refractivity contribution in [2.75, 3.05) is 19.8 Å². The lowest BCUT2D eigenvalue weighted by atomic mass is 10.1. The number of hydrogen-bond acceptors (Lipinski definition) is 3. The molecule has 1 heterocycles. The number of nitrogens with one attached hydrogen (secondary N) is 1. The highest BCUT2D eigenvalue weighted by Crippen LogP contribution is 2.05. The highest BCUT2D eigenvalue weighted by atomic mass is 16.5. The van der Waals surface area contributed by atoms with Crippen molar-refractivity contribution in [1.82, 2.24) is 5.32 Å². The van der Waals surface area contributed by atoms with Crippen LogP contribution in [0, 0.1) is 0 Å². The fraction of sp³-hybridized carbons (Fsp3) is 0.889. The molecule has 0 aliphatic carbocycles. The summed E-state index contributed by atoms with van der Waals surface area (Å²) in [6.07, 6.45) is 3.38. The molecule has 1 fully saturated rings. The standard InChI is InChI=1S/C9H18N2O2/c10-5-1-4-9(12)11-8-3-2-6-13-7-8/h8H,1-7,10H2,(H,11,12). The van der Waals surface area contributed by atoms with Crippen LogP contribution in [0.3, 0.4) is 0 Å². The molecule has 76 valence electrons. The molecule has 3 N–H and O–H groups in total. The molecular formula is C9H18N2O2. The normalized spacial score (nSPS) is 22.7. The number of nitrogens with two attached hydrogens (primary N) is 1. The van der Waals surface area contributed by atoms with Crippen LogP contribution in [0.25, 0.3) is 0 Å². The van der Waals surface area contributed by atoms with Gasteiger partial charge in [-0.1, -0.05) is 0 Å². The average Bonchev–Trinajstić information content (AvgIpc) is 2.16. The topological polar surface area (TPSA) is 64.4 Å². The van der Waals surface area contributed by atoms with Gasteiger partial charge in [0, 0.05) is 13.0 Å². The quantitative estimate of drug-likeness (QED) is 0.650. The van der Waals surface area contributed by atoms with Crippen molar-refractivity contribution in [3.8, 4) is 0 Å². The zero-order valence-electron chi connectivity index (χ0n) is 7.92. The summed E-state index contributed by atoms with van der Waals surface area (Å²) < 4.78 is 5.25. The first kappa shape index (κ1) is 10.5. The highest BCUT2D eigenvalue weighted by Gasteiger charge is 2.15. The van der Waals surface area contributed by atoms with Crippen molar-refractivity contribution >= 4 is 5.91 Å². The number of carbonyl (C=O) groups excluding carboxylic acids is 1. The Bertz CT molecular complexity index is 156. The molecule has 1 aliphatic heterocycles. The van der Waals surface area contributed by atoms with Crippen molar-refractivity contribution in [2.45, 2.75) is 31.7 Å². The van der Waals surface area contributed by atoms with E-state index in [-0.39, 0.29) is 11.9 Å². The van der Waals surface area contributed by atoms with Gasteiger partial charge in [0.05, 0.1) is 12.6 Å². The van der Waals surface area contributed by atoms with Gasteiger partial charge in [0.2, 0.25) is 5.91 Å². The lowest BCUT2D eigenvalue weighted by Gasteiger charge is -2.23. The Kier molecular flexibility index (Phi) is 4.78. The maximum Gasteiger partial charge on any atom is 0.220 e. The smallest absolute Gasteiger partial charge is 0.220 e. The largest absolute Gasteiger partial charge is 0.379 e. The Labute approximate surface area is 78.8 Å². The summed E-state index contributed by atoms with van der Waals surface area (Å²) in [5.41, 5.74) is 5.31. The third-order valence-electron chi connectivity index (χ3n) is 2.13. The third-order valence-corrected chi connectivity index (χ3v) is 2.13. The Morgan fingerprint density at radius 2 is 2.46 bits per heavy atom. The molecule has 0 bridgehead atoms. The van der Waals surface area contributed by atoms with Crippen LogP contribution in [-0.2, 0) is 9.53 Å². The van der Waals surface area contributed by atoms with Crippen LogP contribution in [0.15, 0.2) is 0 Å². The first-order chi connectivity index (χ1) is 6.33. The third kappa shape index (κ3) is 4.24. The van der Waals surface area contributed by atoms with Crippen LogP contribution < -0.4 is 11.1 Å². The monoisotopic (exact) mass is 186 g/mol. The van der Waals surface area contributed by atoms with E-state index in [0.29, 0.717) is 19.6 Å². The summed E-state index contributed by atoms with van der Waals surface area (Å²) in [7, 11) is 0. The molecule has 0 aromatic carbocycles. The first-order valence-corrected chi connectivity index (χ1v) is 4.90. The van der Waals surface area contributed by atoms with Crippen molar-refractivity contribution in [1.29, 1.82) is 0 Å². The minimum atomic E-state index is 0.0981. The van der Waals surface area contributed by atoms with E-state index < -0.39 is 0 Å². The van der Waals surface area contributed by atoms with Gasteiger partial charge in [0.15, 0.2) is 0 Å². The van der Waals surface area contributed by atoms with E-state index in [2.05, 4.69) is 5.32 Å². The number of carbonyl (C=O) groups is 1. The van der Waals surface area contributed by atoms with Crippen molar-refractivity contribution in [2.24, 2.45) is 5.73 Å². The molecule has 4 nitrogen and oxygen atoms in total. The van der Waals surface area contributed by atoms with Gasteiger partial charge in [-0.2, -0.15) is 0 Å². The van der Waals surface area contributed by atoms with Crippen molar-refractivity contribution in [3.05, 3.63) is 0 Å². The van der Waals surface area contributed by atoms with Gasteiger partial charge in [0.25, 0.3) is 0 Å². The number of ether oxygens (including phenoxy) is 1. The molecule has 1 atom stereocenters. The van der Waals surface area contributed by atoms with Crippen LogP contribution in [-0.4, -0.2) is 31.7 Å². The minimum absolute atomic E-state index is 0.0981. The van der Waals surface area contributed by atoms with Gasteiger partial charge in [-0.15, -0.1) is 0 Å². The van der Waals surface area contributed by atoms with E-state index in [1.165, 1.54) is 0 Å². The summed E-state index contributed by atoms with van der Waals surface area (Å²) >= 11 is 0. The predicted octanol–water partition coefficient (Wildman–Crippen LogP) is 0.0205. The maximum atomic E-state index is 11.2. The van der Waals surface area contributed by atoms with Gasteiger partial charge in [-0.25, -0.2) is 0 Å². The highest BCUT2D eigenvalue weighted by molar-refractivity contribution is 5.76. The van der Waals surface area contributed by atoms with Crippen LogP contribution in [0.1, 0.15) is 25.7 Å². The molecule has 4 heteroatoms. The van der Waals surface area contributed by atoms with Crippen LogP contribution in [0.4, 0.5) is 0 Å². The molecule has 1 saturated heterocycles. The number of rotatable bonds is 4. The van der Waals surface area contributed by atoms with Gasteiger partial charge in [0.1, 0.15) is 0 Å². The van der Waals surface area contributed by atoms with E-state index in [1.807, 2.05) is 0 Å². The second-order valence-electron chi connectivity index (χ2n) is 3.37. The zero-order valence-corrected chi connectivity index (χ0v) is 7.92. The van der Waals surface area contributed by atoms with E-state index in [9.17, 15) is 4.79 Å². The molecule has 0 aromatic rings. The molecule has 1 amide bonds. The Morgan fingerprint density at radius 1 is 1.62 bits per heavy atom. The summed E-state index contributed by atoms with van der Waals surface area (Å²) in [5, 5.41) is 2.93. The summed E-state index contributed by atoms with van der Waals surface area (Å²) in [5.74, 6) is 0.0981. The Morgan fingerprint density at radius 3 is 3.08 bits per heavy atom. The second kappa shape index (κ2) is 5.94. The average molecular weight is 186 g/mol.